The number of nitrogens with two attached hydrogens (primary N) is 1. The van der Waals surface area contributed by atoms with Gasteiger partial charge in [-0.2, -0.15) is 4.31 Å². The van der Waals surface area contributed by atoms with Crippen LogP contribution in [0, 0.1) is 19.8 Å². The summed E-state index contributed by atoms with van der Waals surface area (Å²) in [5.41, 5.74) is 8.74. The second-order valence-electron chi connectivity index (χ2n) is 7.02. The molecule has 8 heteroatoms. The van der Waals surface area contributed by atoms with Crippen LogP contribution in [-0.4, -0.2) is 31.7 Å². The third-order valence-corrected chi connectivity index (χ3v) is 7.05. The summed E-state index contributed by atoms with van der Waals surface area (Å²) in [6.07, 6.45) is 0.978. The highest BCUT2D eigenvalue weighted by Crippen LogP contribution is 2.27. The maximum atomic E-state index is 12.9. The lowest BCUT2D eigenvalue weighted by Crippen LogP contribution is -2.41. The Hall–Kier alpha value is -2.09. The molecule has 1 saturated heterocycles. The summed E-state index contributed by atoms with van der Waals surface area (Å²) in [6, 6.07) is 12.5. The van der Waals surface area contributed by atoms with Gasteiger partial charge in [0.05, 0.1) is 16.3 Å². The highest BCUT2D eigenvalue weighted by molar-refractivity contribution is 7.89. The number of piperidine rings is 1. The van der Waals surface area contributed by atoms with Crippen molar-refractivity contribution in [2.75, 3.05) is 24.1 Å². The second-order valence-corrected chi connectivity index (χ2v) is 8.93. The molecule has 3 N–H and O–H groups in total. The van der Waals surface area contributed by atoms with Crippen LogP contribution < -0.4 is 11.1 Å². The van der Waals surface area contributed by atoms with Crippen molar-refractivity contribution >= 4 is 39.7 Å². The van der Waals surface area contributed by atoms with E-state index in [9.17, 15) is 13.2 Å². The molecule has 0 saturated carbocycles. The van der Waals surface area contributed by atoms with Gasteiger partial charge in [0.25, 0.3) is 0 Å². The third-order valence-electron chi connectivity index (χ3n) is 4.99. The van der Waals surface area contributed by atoms with E-state index in [1.54, 1.807) is 24.3 Å². The molecule has 6 nitrogen and oxygen atoms in total. The van der Waals surface area contributed by atoms with E-state index < -0.39 is 10.0 Å². The van der Waals surface area contributed by atoms with Crippen molar-refractivity contribution < 1.29 is 13.2 Å². The number of para-hydroxylation sites is 2. The van der Waals surface area contributed by atoms with Gasteiger partial charge in [0.2, 0.25) is 15.9 Å². The predicted molar refractivity (Wildman–Crippen MR) is 114 cm³/mol. The van der Waals surface area contributed by atoms with Crippen LogP contribution in [0.2, 0.25) is 0 Å². The third kappa shape index (κ3) is 4.66. The van der Waals surface area contributed by atoms with Gasteiger partial charge in [0.1, 0.15) is 0 Å². The molecule has 0 unspecified atom stereocenters. The number of nitrogens with one attached hydrogen (secondary N) is 1. The average molecular weight is 424 g/mol. The van der Waals surface area contributed by atoms with Crippen molar-refractivity contribution in [1.29, 1.82) is 0 Å². The van der Waals surface area contributed by atoms with Gasteiger partial charge < -0.3 is 11.1 Å². The van der Waals surface area contributed by atoms with Gasteiger partial charge >= 0.3 is 0 Å². The fourth-order valence-electron chi connectivity index (χ4n) is 3.43. The Balaban J connectivity index is 0.00000280. The summed E-state index contributed by atoms with van der Waals surface area (Å²) in [7, 11) is -3.54. The van der Waals surface area contributed by atoms with Crippen molar-refractivity contribution in [3.05, 3.63) is 53.6 Å². The van der Waals surface area contributed by atoms with Crippen molar-refractivity contribution in [2.45, 2.75) is 31.6 Å². The zero-order valence-electron chi connectivity index (χ0n) is 16.0. The quantitative estimate of drug-likeness (QED) is 0.737. The monoisotopic (exact) mass is 423 g/mol. The molecule has 0 radical (unpaired) electrons. The van der Waals surface area contributed by atoms with E-state index in [4.69, 9.17) is 5.73 Å². The van der Waals surface area contributed by atoms with Gasteiger partial charge in [-0.1, -0.05) is 29.8 Å². The van der Waals surface area contributed by atoms with Gasteiger partial charge in [-0.05, 0) is 50.5 Å². The number of benzene rings is 2. The Morgan fingerprint density at radius 2 is 1.75 bits per heavy atom. The van der Waals surface area contributed by atoms with Crippen LogP contribution in [0.5, 0.6) is 0 Å². The zero-order valence-corrected chi connectivity index (χ0v) is 17.6. The number of rotatable bonds is 4. The Bertz CT molecular complexity index is 955. The number of nitrogen functional groups attached to an aromatic ring is 1. The van der Waals surface area contributed by atoms with Gasteiger partial charge in [-0.25, -0.2) is 8.42 Å². The molecule has 1 heterocycles. The molecule has 0 spiro atoms. The number of hydrogen-bond donors (Lipinski definition) is 2. The van der Waals surface area contributed by atoms with Crippen LogP contribution in [0.3, 0.4) is 0 Å². The standard InChI is InChI=1S/C20H25N3O3S.ClH/c1-14-7-8-19(15(2)13-14)27(25,26)23-11-9-16(10-12-23)20(24)22-18-6-4-3-5-17(18)21;/h3-8,13,16H,9-12,21H2,1-2H3,(H,22,24);1H. The fraction of sp³-hybridized carbons (Fsp3) is 0.350. The smallest absolute Gasteiger partial charge is 0.243 e. The number of anilines is 2. The van der Waals surface area contributed by atoms with Gasteiger partial charge in [0, 0.05) is 19.0 Å². The normalized spacial score (nSPS) is 15.6. The molecule has 0 atom stereocenters. The second kappa shape index (κ2) is 8.94. The molecule has 0 aromatic heterocycles. The van der Waals surface area contributed by atoms with E-state index in [0.717, 1.165) is 11.1 Å². The summed E-state index contributed by atoms with van der Waals surface area (Å²) in [6.45, 7) is 4.41. The number of hydrogen-bond acceptors (Lipinski definition) is 4. The van der Waals surface area contributed by atoms with Crippen molar-refractivity contribution in [3.63, 3.8) is 0 Å². The molecule has 3 rings (SSSR count). The lowest BCUT2D eigenvalue weighted by molar-refractivity contribution is -0.120. The minimum absolute atomic E-state index is 0. The molecule has 28 heavy (non-hydrogen) atoms. The maximum absolute atomic E-state index is 12.9. The lowest BCUT2D eigenvalue weighted by atomic mass is 9.97. The van der Waals surface area contributed by atoms with E-state index in [0.29, 0.717) is 42.2 Å². The summed E-state index contributed by atoms with van der Waals surface area (Å²) in [5.74, 6) is -0.341. The number of carbonyl (C=O) groups is 1. The van der Waals surface area contributed by atoms with E-state index in [1.807, 2.05) is 32.0 Å². The average Bonchev–Trinajstić information content (AvgIpc) is 2.63. The van der Waals surface area contributed by atoms with Crippen LogP contribution in [0.1, 0.15) is 24.0 Å². The summed E-state index contributed by atoms with van der Waals surface area (Å²) in [4.78, 5) is 12.8. The largest absolute Gasteiger partial charge is 0.397 e. The van der Waals surface area contributed by atoms with E-state index >= 15 is 0 Å². The van der Waals surface area contributed by atoms with Crippen LogP contribution in [-0.2, 0) is 14.8 Å². The SMILES string of the molecule is Cc1ccc(S(=O)(=O)N2CCC(C(=O)Nc3ccccc3N)CC2)c(C)c1.Cl. The number of sulfonamides is 1. The van der Waals surface area contributed by atoms with Crippen LogP contribution in [0.4, 0.5) is 11.4 Å². The molecule has 1 amide bonds. The Labute approximate surface area is 172 Å². The topological polar surface area (TPSA) is 92.5 Å². The first-order chi connectivity index (χ1) is 12.8. The minimum Gasteiger partial charge on any atom is -0.397 e. The molecule has 0 aliphatic carbocycles. The van der Waals surface area contributed by atoms with Gasteiger partial charge in [-0.15, -0.1) is 12.4 Å². The van der Waals surface area contributed by atoms with E-state index in [1.165, 1.54) is 4.31 Å². The molecular formula is C20H26ClN3O3S. The summed E-state index contributed by atoms with van der Waals surface area (Å²) < 4.78 is 27.4. The molecule has 2 aromatic rings. The zero-order chi connectivity index (χ0) is 19.6. The Kier molecular flexibility index (Phi) is 7.09. The highest BCUT2D eigenvalue weighted by atomic mass is 35.5. The first-order valence-corrected chi connectivity index (χ1v) is 10.5. The van der Waals surface area contributed by atoms with E-state index in [-0.39, 0.29) is 24.2 Å². The predicted octanol–water partition coefficient (Wildman–Crippen LogP) is 3.35. The fourth-order valence-corrected chi connectivity index (χ4v) is 5.11. The number of halogens is 1. The number of nitrogens with zero attached hydrogens (tertiary/aromatic N) is 1. The first kappa shape index (κ1) is 22.2. The Morgan fingerprint density at radius 3 is 2.36 bits per heavy atom. The molecule has 1 aliphatic heterocycles. The van der Waals surface area contributed by atoms with Crippen LogP contribution in [0.25, 0.3) is 0 Å². The van der Waals surface area contributed by atoms with E-state index in [2.05, 4.69) is 5.32 Å². The Morgan fingerprint density at radius 1 is 1.11 bits per heavy atom. The number of aryl methyl sites for hydroxylation is 2. The van der Waals surface area contributed by atoms with Gasteiger partial charge in [0.15, 0.2) is 0 Å². The molecule has 152 valence electrons. The van der Waals surface area contributed by atoms with Crippen molar-refractivity contribution in [1.82, 2.24) is 4.31 Å². The first-order valence-electron chi connectivity index (χ1n) is 9.02. The lowest BCUT2D eigenvalue weighted by Gasteiger charge is -2.31. The highest BCUT2D eigenvalue weighted by Gasteiger charge is 2.32. The van der Waals surface area contributed by atoms with Gasteiger partial charge in [-0.3, -0.25) is 4.79 Å². The molecule has 0 bridgehead atoms. The summed E-state index contributed by atoms with van der Waals surface area (Å²) >= 11 is 0. The molecule has 2 aromatic carbocycles. The molecular weight excluding hydrogens is 398 g/mol. The minimum atomic E-state index is -3.54. The van der Waals surface area contributed by atoms with Crippen LogP contribution in [0.15, 0.2) is 47.4 Å². The molecule has 1 aliphatic rings. The summed E-state index contributed by atoms with van der Waals surface area (Å²) in [5, 5.41) is 2.85. The van der Waals surface area contributed by atoms with Crippen LogP contribution >= 0.6 is 12.4 Å². The molecule has 1 fully saturated rings. The number of amides is 1. The number of carbonyl (C=O) groups excluding carboxylic acids is 1. The van der Waals surface area contributed by atoms with Crippen molar-refractivity contribution in [2.24, 2.45) is 5.92 Å². The van der Waals surface area contributed by atoms with Crippen molar-refractivity contribution in [3.8, 4) is 0 Å². The maximum Gasteiger partial charge on any atom is 0.243 e.